The van der Waals surface area contributed by atoms with Gasteiger partial charge in [0, 0.05) is 5.92 Å². The maximum Gasteiger partial charge on any atom is 0.00841 e. The van der Waals surface area contributed by atoms with Crippen molar-refractivity contribution < 1.29 is 0 Å². The standard InChI is InChI=1S/C43H40/c1-4-30-21-26-36(29(3)27-30)32-22-24-33(25-23-32)42-38-17-8-10-19-40(38)43(41-20-11-9-18-39(41)42)35-15-12-14-34(28-35)37-16-7-6-13-31(37)5-2/h6-20,22-28,30-31,37H,4-5,21H2,1-3H3. The predicted octanol–water partition coefficient (Wildman–Crippen LogP) is 12.3. The van der Waals surface area contributed by atoms with Gasteiger partial charge in [-0.15, -0.1) is 0 Å². The first-order chi connectivity index (χ1) is 21.2. The van der Waals surface area contributed by atoms with Crippen molar-refractivity contribution in [2.45, 2.75) is 46.0 Å². The number of fused-ring (bicyclic) bond motifs is 2. The van der Waals surface area contributed by atoms with Crippen LogP contribution in [0.1, 0.15) is 57.1 Å². The molecular weight excluding hydrogens is 516 g/mol. The van der Waals surface area contributed by atoms with E-state index in [2.05, 4.69) is 154 Å². The lowest BCUT2D eigenvalue weighted by molar-refractivity contribution is 0.559. The lowest BCUT2D eigenvalue weighted by Crippen LogP contribution is -2.10. The van der Waals surface area contributed by atoms with Crippen LogP contribution in [0, 0.1) is 11.8 Å². The van der Waals surface area contributed by atoms with Gasteiger partial charge in [-0.2, -0.15) is 0 Å². The Morgan fingerprint density at radius 3 is 1.81 bits per heavy atom. The highest BCUT2D eigenvalue weighted by molar-refractivity contribution is 6.21. The molecule has 0 heterocycles. The lowest BCUT2D eigenvalue weighted by Gasteiger charge is -2.24. The van der Waals surface area contributed by atoms with Crippen molar-refractivity contribution in [2.75, 3.05) is 0 Å². The minimum Gasteiger partial charge on any atom is -0.0805 e. The van der Waals surface area contributed by atoms with Gasteiger partial charge in [0.2, 0.25) is 0 Å². The van der Waals surface area contributed by atoms with Crippen LogP contribution in [0.3, 0.4) is 0 Å². The van der Waals surface area contributed by atoms with Crippen molar-refractivity contribution in [1.82, 2.24) is 0 Å². The molecule has 0 saturated carbocycles. The molecule has 2 aliphatic rings. The average Bonchev–Trinajstić information content (AvgIpc) is 3.07. The second-order valence-electron chi connectivity index (χ2n) is 12.3. The van der Waals surface area contributed by atoms with Crippen LogP contribution in [0.2, 0.25) is 0 Å². The van der Waals surface area contributed by atoms with Crippen LogP contribution >= 0.6 is 0 Å². The van der Waals surface area contributed by atoms with E-state index in [-0.39, 0.29) is 0 Å². The van der Waals surface area contributed by atoms with Crippen molar-refractivity contribution in [3.8, 4) is 22.3 Å². The fourth-order valence-electron chi connectivity index (χ4n) is 7.44. The second kappa shape index (κ2) is 11.7. The lowest BCUT2D eigenvalue weighted by atomic mass is 9.80. The summed E-state index contributed by atoms with van der Waals surface area (Å²) < 4.78 is 0. The van der Waals surface area contributed by atoms with Crippen LogP contribution in [0.25, 0.3) is 49.4 Å². The Labute approximate surface area is 256 Å². The van der Waals surface area contributed by atoms with Crippen molar-refractivity contribution in [2.24, 2.45) is 11.8 Å². The van der Waals surface area contributed by atoms with Crippen molar-refractivity contribution in [3.05, 3.63) is 150 Å². The SMILES string of the molecule is CCC1C=C(C)C(c2ccc(-c3c4ccccc4c(-c4cccc(C5C=CC=CC5CC)c4)c4ccccc34)cc2)=CC1. The highest BCUT2D eigenvalue weighted by atomic mass is 14.3. The molecular formula is C43H40. The molecule has 5 aromatic rings. The number of hydrogen-bond acceptors (Lipinski definition) is 0. The first-order valence-corrected chi connectivity index (χ1v) is 16.0. The molecule has 0 aromatic heterocycles. The van der Waals surface area contributed by atoms with Gasteiger partial charge in [0.05, 0.1) is 0 Å². The summed E-state index contributed by atoms with van der Waals surface area (Å²) in [6.45, 7) is 6.84. The molecule has 0 spiro atoms. The normalized spacial score (nSPS) is 19.9. The third-order valence-corrected chi connectivity index (χ3v) is 9.76. The molecule has 0 nitrogen and oxygen atoms in total. The Morgan fingerprint density at radius 2 is 1.21 bits per heavy atom. The van der Waals surface area contributed by atoms with Gasteiger partial charge < -0.3 is 0 Å². The van der Waals surface area contributed by atoms with E-state index in [1.165, 1.54) is 72.5 Å². The Balaban J connectivity index is 1.37. The van der Waals surface area contributed by atoms with E-state index in [1.54, 1.807) is 0 Å². The van der Waals surface area contributed by atoms with Crippen LogP contribution in [-0.2, 0) is 0 Å². The summed E-state index contributed by atoms with van der Waals surface area (Å²) >= 11 is 0. The molecule has 3 atom stereocenters. The van der Waals surface area contributed by atoms with E-state index >= 15 is 0 Å². The van der Waals surface area contributed by atoms with Gasteiger partial charge in [0.25, 0.3) is 0 Å². The molecule has 7 rings (SSSR count). The zero-order valence-corrected chi connectivity index (χ0v) is 25.6. The summed E-state index contributed by atoms with van der Waals surface area (Å²) in [5.74, 6) is 1.62. The first kappa shape index (κ1) is 27.4. The van der Waals surface area contributed by atoms with E-state index in [0.717, 1.165) is 12.8 Å². The average molecular weight is 557 g/mol. The predicted molar refractivity (Wildman–Crippen MR) is 187 cm³/mol. The molecule has 0 radical (unpaired) electrons. The van der Waals surface area contributed by atoms with Crippen LogP contribution in [0.5, 0.6) is 0 Å². The molecule has 5 aromatic carbocycles. The number of rotatable bonds is 6. The largest absolute Gasteiger partial charge is 0.0805 e. The summed E-state index contributed by atoms with van der Waals surface area (Å²) in [5, 5.41) is 5.23. The summed E-state index contributed by atoms with van der Waals surface area (Å²) in [5.41, 5.74) is 10.7. The van der Waals surface area contributed by atoms with Gasteiger partial charge in [-0.3, -0.25) is 0 Å². The minimum absolute atomic E-state index is 0.413. The fourth-order valence-corrected chi connectivity index (χ4v) is 7.44. The van der Waals surface area contributed by atoms with Crippen LogP contribution in [0.15, 0.2) is 139 Å². The monoisotopic (exact) mass is 556 g/mol. The van der Waals surface area contributed by atoms with Gasteiger partial charge in [0.1, 0.15) is 0 Å². The van der Waals surface area contributed by atoms with Gasteiger partial charge in [-0.25, -0.2) is 0 Å². The Bertz CT molecular complexity index is 1870. The second-order valence-corrected chi connectivity index (χ2v) is 12.3. The van der Waals surface area contributed by atoms with E-state index in [4.69, 9.17) is 0 Å². The zero-order valence-electron chi connectivity index (χ0n) is 25.6. The molecule has 212 valence electrons. The maximum absolute atomic E-state index is 2.46. The van der Waals surface area contributed by atoms with Crippen LogP contribution in [-0.4, -0.2) is 0 Å². The quantitative estimate of drug-likeness (QED) is 0.182. The summed E-state index contributed by atoms with van der Waals surface area (Å²) in [6, 6.07) is 36.6. The summed E-state index contributed by atoms with van der Waals surface area (Å²) in [6.07, 6.45) is 17.5. The molecule has 3 unspecified atom stereocenters. The minimum atomic E-state index is 0.413. The molecule has 2 aliphatic carbocycles. The van der Waals surface area contributed by atoms with Gasteiger partial charge in [-0.05, 0) is 104 Å². The van der Waals surface area contributed by atoms with Gasteiger partial charge in [-0.1, -0.05) is 147 Å². The fraction of sp³-hybridized carbons (Fsp3) is 0.209. The number of hydrogen-bond donors (Lipinski definition) is 0. The van der Waals surface area contributed by atoms with E-state index < -0.39 is 0 Å². The molecule has 0 fully saturated rings. The zero-order chi connectivity index (χ0) is 29.3. The van der Waals surface area contributed by atoms with Gasteiger partial charge >= 0.3 is 0 Å². The molecule has 0 saturated heterocycles. The Kier molecular flexibility index (Phi) is 7.45. The van der Waals surface area contributed by atoms with E-state index in [9.17, 15) is 0 Å². The summed E-state index contributed by atoms with van der Waals surface area (Å²) in [4.78, 5) is 0. The maximum atomic E-state index is 2.46. The summed E-state index contributed by atoms with van der Waals surface area (Å²) in [7, 11) is 0. The molecule has 43 heavy (non-hydrogen) atoms. The highest BCUT2D eigenvalue weighted by Crippen LogP contribution is 2.45. The van der Waals surface area contributed by atoms with Crippen LogP contribution < -0.4 is 0 Å². The van der Waals surface area contributed by atoms with E-state index in [1.807, 2.05) is 0 Å². The molecule has 0 amide bonds. The molecule has 0 heteroatoms. The Hall–Kier alpha value is -4.42. The van der Waals surface area contributed by atoms with Crippen molar-refractivity contribution in [3.63, 3.8) is 0 Å². The number of benzene rings is 5. The smallest absolute Gasteiger partial charge is 0.00841 e. The number of allylic oxidation sites excluding steroid dienone is 8. The molecule has 0 bridgehead atoms. The topological polar surface area (TPSA) is 0 Å². The Morgan fingerprint density at radius 1 is 0.605 bits per heavy atom. The van der Waals surface area contributed by atoms with Gasteiger partial charge in [0.15, 0.2) is 0 Å². The van der Waals surface area contributed by atoms with Crippen molar-refractivity contribution in [1.29, 1.82) is 0 Å². The van der Waals surface area contributed by atoms with Crippen molar-refractivity contribution >= 4 is 27.1 Å². The van der Waals surface area contributed by atoms with E-state index in [0.29, 0.717) is 17.8 Å². The van der Waals surface area contributed by atoms with Crippen LogP contribution in [0.4, 0.5) is 0 Å². The third-order valence-electron chi connectivity index (χ3n) is 9.76. The first-order valence-electron chi connectivity index (χ1n) is 16.0. The highest BCUT2D eigenvalue weighted by Gasteiger charge is 2.21. The molecule has 0 N–H and O–H groups in total. The molecule has 0 aliphatic heterocycles. The third kappa shape index (κ3) is 5.00.